The molecule has 30 heavy (non-hydrogen) atoms. The minimum Gasteiger partial charge on any atom is -0.278 e. The van der Waals surface area contributed by atoms with Crippen molar-refractivity contribution in [2.24, 2.45) is 0 Å². The molecular formula is C23H21N3O2S2. The molecule has 0 aliphatic heterocycles. The van der Waals surface area contributed by atoms with Crippen molar-refractivity contribution in [2.75, 3.05) is 4.72 Å². The van der Waals surface area contributed by atoms with E-state index in [9.17, 15) is 8.42 Å². The molecule has 5 nitrogen and oxygen atoms in total. The maximum atomic E-state index is 13.3. The van der Waals surface area contributed by atoms with Gasteiger partial charge in [0.25, 0.3) is 10.0 Å². The fraction of sp³-hybridized carbons (Fsp3) is 0.0870. The van der Waals surface area contributed by atoms with Crippen LogP contribution in [0.4, 0.5) is 5.69 Å². The van der Waals surface area contributed by atoms with Gasteiger partial charge >= 0.3 is 0 Å². The van der Waals surface area contributed by atoms with Gasteiger partial charge in [0.1, 0.15) is 4.90 Å². The fourth-order valence-corrected chi connectivity index (χ4v) is 5.75. The van der Waals surface area contributed by atoms with E-state index >= 15 is 0 Å². The van der Waals surface area contributed by atoms with E-state index in [1.807, 2.05) is 78.9 Å². The fourth-order valence-electron chi connectivity index (χ4n) is 3.29. The van der Waals surface area contributed by atoms with Gasteiger partial charge in [0.15, 0.2) is 0 Å². The van der Waals surface area contributed by atoms with E-state index in [1.165, 1.54) is 11.8 Å². The van der Waals surface area contributed by atoms with Crippen LogP contribution in [0.25, 0.3) is 5.69 Å². The van der Waals surface area contributed by atoms with Crippen molar-refractivity contribution in [1.82, 2.24) is 9.78 Å². The number of aryl methyl sites for hydroxylation is 1. The largest absolute Gasteiger partial charge is 0.278 e. The van der Waals surface area contributed by atoms with Crippen molar-refractivity contribution in [3.63, 3.8) is 0 Å². The summed E-state index contributed by atoms with van der Waals surface area (Å²) in [4.78, 5) is 2.07. The number of nitrogens with one attached hydrogen (secondary N) is 1. The van der Waals surface area contributed by atoms with E-state index in [-0.39, 0.29) is 4.90 Å². The molecule has 4 rings (SSSR count). The summed E-state index contributed by atoms with van der Waals surface area (Å²) < 4.78 is 31.1. The predicted octanol–water partition coefficient (Wildman–Crippen LogP) is 5.44. The zero-order valence-electron chi connectivity index (χ0n) is 16.6. The molecule has 0 amide bonds. The van der Waals surface area contributed by atoms with E-state index in [0.29, 0.717) is 17.1 Å². The van der Waals surface area contributed by atoms with Crippen LogP contribution in [0.1, 0.15) is 11.4 Å². The Labute approximate surface area is 180 Å². The van der Waals surface area contributed by atoms with E-state index in [2.05, 4.69) is 9.82 Å². The standard InChI is InChI=1S/C23H21N3O2S2/c1-17-23(18(2)26(24-17)19-11-5-3-6-12-19)30(27,28)25-21-15-9-10-16-22(21)29-20-13-7-4-8-14-20/h3-16,25H,1-2H3. The second kappa shape index (κ2) is 8.38. The van der Waals surface area contributed by atoms with Crippen molar-refractivity contribution in [3.05, 3.63) is 96.3 Å². The van der Waals surface area contributed by atoms with Crippen molar-refractivity contribution in [2.45, 2.75) is 28.5 Å². The molecule has 0 fully saturated rings. The first-order valence-electron chi connectivity index (χ1n) is 9.42. The first kappa shape index (κ1) is 20.3. The summed E-state index contributed by atoms with van der Waals surface area (Å²) in [5.74, 6) is 0. The molecule has 4 aromatic rings. The lowest BCUT2D eigenvalue weighted by atomic mass is 10.3. The van der Waals surface area contributed by atoms with Crippen molar-refractivity contribution in [1.29, 1.82) is 0 Å². The number of hydrogen-bond donors (Lipinski definition) is 1. The Hall–Kier alpha value is -3.03. The van der Waals surface area contributed by atoms with Gasteiger partial charge in [-0.3, -0.25) is 4.72 Å². The van der Waals surface area contributed by atoms with Gasteiger partial charge in [-0.25, -0.2) is 13.1 Å². The van der Waals surface area contributed by atoms with Crippen molar-refractivity contribution >= 4 is 27.5 Å². The Morgan fingerprint density at radius 1 is 0.833 bits per heavy atom. The van der Waals surface area contributed by atoms with Crippen LogP contribution in [-0.4, -0.2) is 18.2 Å². The molecule has 0 spiro atoms. The lowest BCUT2D eigenvalue weighted by Gasteiger charge is -2.13. The maximum Gasteiger partial charge on any atom is 0.265 e. The first-order valence-corrected chi connectivity index (χ1v) is 11.7. The number of benzene rings is 3. The molecule has 3 aromatic carbocycles. The van der Waals surface area contributed by atoms with Gasteiger partial charge in [-0.05, 0) is 50.2 Å². The van der Waals surface area contributed by atoms with Crippen LogP contribution in [-0.2, 0) is 10.0 Å². The Balaban J connectivity index is 1.69. The van der Waals surface area contributed by atoms with Crippen LogP contribution in [0.15, 0.2) is 99.6 Å². The zero-order chi connectivity index (χ0) is 21.1. The number of rotatable bonds is 6. The minimum absolute atomic E-state index is 0.200. The number of nitrogens with zero attached hydrogens (tertiary/aromatic N) is 2. The Morgan fingerprint density at radius 3 is 2.13 bits per heavy atom. The van der Waals surface area contributed by atoms with Crippen LogP contribution >= 0.6 is 11.8 Å². The lowest BCUT2D eigenvalue weighted by Crippen LogP contribution is -2.15. The number of aromatic nitrogens is 2. The smallest absolute Gasteiger partial charge is 0.265 e. The van der Waals surface area contributed by atoms with Crippen molar-refractivity contribution < 1.29 is 8.42 Å². The number of para-hydroxylation sites is 2. The highest BCUT2D eigenvalue weighted by Crippen LogP contribution is 2.35. The average molecular weight is 436 g/mol. The van der Waals surface area contributed by atoms with Crippen LogP contribution in [0.5, 0.6) is 0 Å². The van der Waals surface area contributed by atoms with Crippen LogP contribution in [0.3, 0.4) is 0 Å². The third-order valence-electron chi connectivity index (χ3n) is 4.60. The molecule has 1 N–H and O–H groups in total. The van der Waals surface area contributed by atoms with Crippen molar-refractivity contribution in [3.8, 4) is 5.69 Å². The summed E-state index contributed by atoms with van der Waals surface area (Å²) in [5, 5.41) is 4.47. The van der Waals surface area contributed by atoms with Gasteiger partial charge in [-0.2, -0.15) is 5.10 Å². The third kappa shape index (κ3) is 4.13. The normalized spacial score (nSPS) is 11.4. The molecule has 7 heteroatoms. The highest BCUT2D eigenvalue weighted by Gasteiger charge is 2.26. The second-order valence-electron chi connectivity index (χ2n) is 6.76. The average Bonchev–Trinajstić information content (AvgIpc) is 3.05. The highest BCUT2D eigenvalue weighted by molar-refractivity contribution is 7.99. The summed E-state index contributed by atoms with van der Waals surface area (Å²) in [7, 11) is -3.82. The Bertz CT molecular complexity index is 1270. The van der Waals surface area contributed by atoms with E-state index in [1.54, 1.807) is 24.6 Å². The minimum atomic E-state index is -3.82. The van der Waals surface area contributed by atoms with Crippen LogP contribution in [0, 0.1) is 13.8 Å². The maximum absolute atomic E-state index is 13.3. The number of hydrogen-bond acceptors (Lipinski definition) is 4. The van der Waals surface area contributed by atoms with Crippen LogP contribution < -0.4 is 4.72 Å². The third-order valence-corrected chi connectivity index (χ3v) is 7.30. The van der Waals surface area contributed by atoms with Gasteiger partial charge in [-0.15, -0.1) is 0 Å². The quantitative estimate of drug-likeness (QED) is 0.438. The van der Waals surface area contributed by atoms with E-state index < -0.39 is 10.0 Å². The van der Waals surface area contributed by atoms with Gasteiger partial charge in [0.05, 0.1) is 22.8 Å². The molecule has 0 radical (unpaired) electrons. The molecule has 0 saturated carbocycles. The SMILES string of the molecule is Cc1nn(-c2ccccc2)c(C)c1S(=O)(=O)Nc1ccccc1Sc1ccccc1. The molecule has 0 aliphatic rings. The van der Waals surface area contributed by atoms with Gasteiger partial charge < -0.3 is 0 Å². The molecule has 0 bridgehead atoms. The lowest BCUT2D eigenvalue weighted by molar-refractivity contribution is 0.600. The molecule has 1 heterocycles. The summed E-state index contributed by atoms with van der Waals surface area (Å²) in [5.41, 5.74) is 2.38. The molecule has 0 atom stereocenters. The van der Waals surface area contributed by atoms with E-state index in [0.717, 1.165) is 15.5 Å². The molecule has 1 aromatic heterocycles. The molecule has 0 saturated heterocycles. The molecule has 0 unspecified atom stereocenters. The summed E-state index contributed by atoms with van der Waals surface area (Å²) in [6.07, 6.45) is 0. The molecule has 0 aliphatic carbocycles. The summed E-state index contributed by atoms with van der Waals surface area (Å²) in [6.45, 7) is 3.48. The monoisotopic (exact) mass is 435 g/mol. The van der Waals surface area contributed by atoms with E-state index in [4.69, 9.17) is 0 Å². The second-order valence-corrected chi connectivity index (χ2v) is 9.50. The van der Waals surface area contributed by atoms with Gasteiger partial charge in [0, 0.05) is 9.79 Å². The molecule has 152 valence electrons. The highest BCUT2D eigenvalue weighted by atomic mass is 32.2. The Morgan fingerprint density at radius 2 is 1.43 bits per heavy atom. The Kier molecular flexibility index (Phi) is 5.65. The van der Waals surface area contributed by atoms with Gasteiger partial charge in [-0.1, -0.05) is 60.3 Å². The van der Waals surface area contributed by atoms with Crippen LogP contribution in [0.2, 0.25) is 0 Å². The molecular weight excluding hydrogens is 414 g/mol. The topological polar surface area (TPSA) is 64.0 Å². The summed E-state index contributed by atoms with van der Waals surface area (Å²) >= 11 is 1.51. The van der Waals surface area contributed by atoms with Gasteiger partial charge in [0.2, 0.25) is 0 Å². The zero-order valence-corrected chi connectivity index (χ0v) is 18.2. The number of anilines is 1. The first-order chi connectivity index (χ1) is 14.5. The predicted molar refractivity (Wildman–Crippen MR) is 121 cm³/mol. The number of sulfonamides is 1. The summed E-state index contributed by atoms with van der Waals surface area (Å²) in [6, 6.07) is 26.8.